The van der Waals surface area contributed by atoms with E-state index in [9.17, 15) is 0 Å². The van der Waals surface area contributed by atoms with Crippen LogP contribution in [0.2, 0.25) is 0 Å². The Morgan fingerprint density at radius 2 is 1.08 bits per heavy atom. The van der Waals surface area contributed by atoms with Gasteiger partial charge in [0.1, 0.15) is 5.82 Å². The first-order valence-corrected chi connectivity index (χ1v) is 16.6. The third kappa shape index (κ3) is 3.72. The molecule has 10 rings (SSSR count). The zero-order valence-electron chi connectivity index (χ0n) is 26.2. The first kappa shape index (κ1) is 26.9. The smallest absolute Gasteiger partial charge is 0.145 e. The van der Waals surface area contributed by atoms with Crippen LogP contribution in [-0.4, -0.2) is 9.55 Å². The molecule has 0 saturated heterocycles. The minimum Gasteiger partial charge on any atom is -0.292 e. The predicted molar refractivity (Wildman–Crippen MR) is 199 cm³/mol. The summed E-state index contributed by atoms with van der Waals surface area (Å²) in [4.78, 5) is 5.28. The summed E-state index contributed by atoms with van der Waals surface area (Å²) in [7, 11) is 0. The van der Waals surface area contributed by atoms with Gasteiger partial charge < -0.3 is 0 Å². The van der Waals surface area contributed by atoms with Gasteiger partial charge in [0.2, 0.25) is 0 Å². The molecule has 0 aliphatic heterocycles. The first-order chi connectivity index (χ1) is 23.8. The van der Waals surface area contributed by atoms with Crippen LogP contribution in [0.25, 0.3) is 60.8 Å². The molecule has 0 N–H and O–H groups in total. The van der Waals surface area contributed by atoms with Gasteiger partial charge in [0.15, 0.2) is 0 Å². The quantitative estimate of drug-likeness (QED) is 0.181. The molecule has 2 heteroatoms. The van der Waals surface area contributed by atoms with E-state index in [-0.39, 0.29) is 0 Å². The van der Waals surface area contributed by atoms with Crippen molar-refractivity contribution in [3.63, 3.8) is 0 Å². The Labute approximate surface area is 279 Å². The zero-order chi connectivity index (χ0) is 31.7. The highest BCUT2D eigenvalue weighted by molar-refractivity contribution is 6.10. The van der Waals surface area contributed by atoms with Crippen LogP contribution in [0.4, 0.5) is 0 Å². The monoisotopic (exact) mass is 610 g/mol. The van der Waals surface area contributed by atoms with Crippen molar-refractivity contribution in [3.05, 3.63) is 204 Å². The molecule has 224 valence electrons. The highest BCUT2D eigenvalue weighted by Gasteiger charge is 2.47. The molecule has 1 aliphatic carbocycles. The van der Waals surface area contributed by atoms with E-state index < -0.39 is 5.41 Å². The Morgan fingerprint density at radius 1 is 0.438 bits per heavy atom. The van der Waals surface area contributed by atoms with Gasteiger partial charge in [-0.15, -0.1) is 0 Å². The normalized spacial score (nSPS) is 15.2. The Hall–Kier alpha value is -6.25. The van der Waals surface area contributed by atoms with Gasteiger partial charge in [-0.2, -0.15) is 0 Å². The number of fused-ring (bicyclic) bond motifs is 7. The minimum atomic E-state index is -0.559. The highest BCUT2D eigenvalue weighted by Crippen LogP contribution is 2.58. The standard InChI is InChI=1S/C46H30N2/c1-3-16-33(17-4-1)46(41-29-31-15-7-8-20-35(31)36-21-9-10-22-37(36)41)40-24-12-11-23-38(40)39-28-27-32(30-42(39)46)45-47-43-25-13-14-26-44(43)48(45)34-18-5-2-6-19-34/h1-30H. The van der Waals surface area contributed by atoms with Gasteiger partial charge in [-0.25, -0.2) is 4.98 Å². The molecule has 0 radical (unpaired) electrons. The molecule has 1 atom stereocenters. The van der Waals surface area contributed by atoms with Crippen LogP contribution in [0, 0.1) is 0 Å². The van der Waals surface area contributed by atoms with Crippen molar-refractivity contribution in [3.8, 4) is 28.2 Å². The number of rotatable bonds is 4. The van der Waals surface area contributed by atoms with E-state index in [1.165, 1.54) is 54.9 Å². The SMILES string of the molecule is c1ccc(-n2c(-c3ccc4c(c3)C(c3ccccc3)(c3cc5ccccc5c5ccccc35)c3ccccc3-4)nc3ccccc32)cc1. The average Bonchev–Trinajstić information content (AvgIpc) is 3.69. The maximum atomic E-state index is 5.28. The van der Waals surface area contributed by atoms with E-state index in [1.54, 1.807) is 0 Å². The van der Waals surface area contributed by atoms with Crippen molar-refractivity contribution in [2.75, 3.05) is 0 Å². The number of nitrogens with zero attached hydrogens (tertiary/aromatic N) is 2. The van der Waals surface area contributed by atoms with Crippen molar-refractivity contribution in [2.45, 2.75) is 5.41 Å². The molecular weight excluding hydrogens is 581 g/mol. The summed E-state index contributed by atoms with van der Waals surface area (Å²) < 4.78 is 2.30. The Kier molecular flexibility index (Phi) is 5.82. The van der Waals surface area contributed by atoms with Gasteiger partial charge in [-0.3, -0.25) is 4.57 Å². The average molecular weight is 611 g/mol. The molecule has 0 amide bonds. The molecular formula is C46H30N2. The van der Waals surface area contributed by atoms with Crippen molar-refractivity contribution < 1.29 is 0 Å². The fourth-order valence-electron chi connectivity index (χ4n) is 8.29. The van der Waals surface area contributed by atoms with E-state index in [1.807, 2.05) is 0 Å². The lowest BCUT2D eigenvalue weighted by molar-refractivity contribution is 0.777. The van der Waals surface area contributed by atoms with E-state index in [0.29, 0.717) is 0 Å². The molecule has 0 fully saturated rings. The van der Waals surface area contributed by atoms with E-state index >= 15 is 0 Å². The van der Waals surface area contributed by atoms with Crippen molar-refractivity contribution in [1.29, 1.82) is 0 Å². The lowest BCUT2D eigenvalue weighted by atomic mass is 9.66. The number of benzene rings is 8. The summed E-state index contributed by atoms with van der Waals surface area (Å²) in [5, 5.41) is 5.06. The number of hydrogen-bond acceptors (Lipinski definition) is 1. The van der Waals surface area contributed by atoms with Gasteiger partial charge in [-0.05, 0) is 91.3 Å². The molecule has 1 unspecified atom stereocenters. The summed E-state index contributed by atoms with van der Waals surface area (Å²) in [5.74, 6) is 0.937. The molecule has 2 nitrogen and oxygen atoms in total. The van der Waals surface area contributed by atoms with E-state index in [2.05, 4.69) is 187 Å². The second-order valence-corrected chi connectivity index (χ2v) is 12.7. The molecule has 8 aromatic carbocycles. The highest BCUT2D eigenvalue weighted by atomic mass is 15.1. The van der Waals surface area contributed by atoms with Gasteiger partial charge in [0.25, 0.3) is 0 Å². The number of aromatic nitrogens is 2. The fourth-order valence-corrected chi connectivity index (χ4v) is 8.29. The summed E-state index contributed by atoms with van der Waals surface area (Å²) in [6.45, 7) is 0. The van der Waals surface area contributed by atoms with Crippen molar-refractivity contribution in [2.24, 2.45) is 0 Å². The van der Waals surface area contributed by atoms with Crippen LogP contribution in [0.15, 0.2) is 182 Å². The first-order valence-electron chi connectivity index (χ1n) is 16.6. The predicted octanol–water partition coefficient (Wildman–Crippen LogP) is 11.4. The van der Waals surface area contributed by atoms with E-state index in [0.717, 1.165) is 28.1 Å². The summed E-state index contributed by atoms with van der Waals surface area (Å²) >= 11 is 0. The van der Waals surface area contributed by atoms with Crippen LogP contribution < -0.4 is 0 Å². The van der Waals surface area contributed by atoms with Crippen LogP contribution in [0.3, 0.4) is 0 Å². The largest absolute Gasteiger partial charge is 0.292 e. The van der Waals surface area contributed by atoms with Gasteiger partial charge in [0, 0.05) is 11.3 Å². The third-order valence-corrected chi connectivity index (χ3v) is 10.3. The number of para-hydroxylation sites is 3. The Bertz CT molecular complexity index is 2670. The topological polar surface area (TPSA) is 17.8 Å². The van der Waals surface area contributed by atoms with Crippen molar-refractivity contribution >= 4 is 32.6 Å². The van der Waals surface area contributed by atoms with Gasteiger partial charge in [-0.1, -0.05) is 146 Å². The molecule has 0 spiro atoms. The minimum absolute atomic E-state index is 0.559. The number of imidazole rings is 1. The third-order valence-electron chi connectivity index (χ3n) is 10.3. The summed E-state index contributed by atoms with van der Waals surface area (Å²) in [6, 6.07) is 66.3. The van der Waals surface area contributed by atoms with Crippen LogP contribution >= 0.6 is 0 Å². The van der Waals surface area contributed by atoms with E-state index in [4.69, 9.17) is 4.98 Å². The van der Waals surface area contributed by atoms with Crippen LogP contribution in [0.1, 0.15) is 22.3 Å². The Morgan fingerprint density at radius 3 is 1.94 bits per heavy atom. The molecule has 1 aliphatic rings. The maximum Gasteiger partial charge on any atom is 0.145 e. The maximum absolute atomic E-state index is 5.28. The van der Waals surface area contributed by atoms with Crippen molar-refractivity contribution in [1.82, 2.24) is 9.55 Å². The lowest BCUT2D eigenvalue weighted by Gasteiger charge is -2.35. The zero-order valence-corrected chi connectivity index (χ0v) is 26.2. The second-order valence-electron chi connectivity index (χ2n) is 12.7. The molecule has 1 aromatic heterocycles. The van der Waals surface area contributed by atoms with Gasteiger partial charge in [0.05, 0.1) is 16.4 Å². The Balaban J connectivity index is 1.35. The number of hydrogen-bond donors (Lipinski definition) is 0. The summed E-state index contributed by atoms with van der Waals surface area (Å²) in [6.07, 6.45) is 0. The van der Waals surface area contributed by atoms with Gasteiger partial charge >= 0.3 is 0 Å². The fraction of sp³-hybridized carbons (Fsp3) is 0.0217. The molecule has 9 aromatic rings. The molecule has 0 bridgehead atoms. The molecule has 1 heterocycles. The van der Waals surface area contributed by atoms with Crippen LogP contribution in [-0.2, 0) is 5.41 Å². The molecule has 48 heavy (non-hydrogen) atoms. The van der Waals surface area contributed by atoms with Crippen LogP contribution in [0.5, 0.6) is 0 Å². The lowest BCUT2D eigenvalue weighted by Crippen LogP contribution is -2.29. The molecule has 0 saturated carbocycles. The second kappa shape index (κ2) is 10.4. The summed E-state index contributed by atoms with van der Waals surface area (Å²) in [5.41, 5.74) is 11.4.